The summed E-state index contributed by atoms with van der Waals surface area (Å²) in [5.74, 6) is -0.194. The van der Waals surface area contributed by atoms with Crippen LogP contribution >= 0.6 is 11.6 Å². The maximum Gasteiger partial charge on any atom is 0.264 e. The minimum Gasteiger partial charge on any atom is -0.316 e. The van der Waals surface area contributed by atoms with Crippen molar-refractivity contribution in [1.29, 1.82) is 0 Å². The molecule has 0 aliphatic heterocycles. The van der Waals surface area contributed by atoms with Gasteiger partial charge in [0.2, 0.25) is 0 Å². The van der Waals surface area contributed by atoms with Crippen molar-refractivity contribution >= 4 is 21.7 Å². The first-order valence-corrected chi connectivity index (χ1v) is 7.36. The minimum absolute atomic E-state index is 0.194. The van der Waals surface area contributed by atoms with Crippen LogP contribution < -0.4 is 5.32 Å². The largest absolute Gasteiger partial charge is 0.316 e. The van der Waals surface area contributed by atoms with Gasteiger partial charge in [0, 0.05) is 5.02 Å². The van der Waals surface area contributed by atoms with Crippen LogP contribution in [0, 0.1) is 0 Å². The van der Waals surface area contributed by atoms with Crippen LogP contribution in [0.15, 0.2) is 24.3 Å². The topological polar surface area (TPSA) is 66.4 Å². The van der Waals surface area contributed by atoms with Crippen LogP contribution in [-0.4, -0.2) is 31.8 Å². The summed E-state index contributed by atoms with van der Waals surface area (Å²) in [6, 6.07) is 7.61. The SMILES string of the molecule is O=S(=O)(O)CCCNCCc1ccc(Cl)cc1. The van der Waals surface area contributed by atoms with Crippen LogP contribution in [0.2, 0.25) is 5.02 Å². The second-order valence-electron chi connectivity index (χ2n) is 3.77. The van der Waals surface area contributed by atoms with Gasteiger partial charge in [0.15, 0.2) is 0 Å². The zero-order valence-corrected chi connectivity index (χ0v) is 11.0. The van der Waals surface area contributed by atoms with Crippen molar-refractivity contribution in [2.75, 3.05) is 18.8 Å². The van der Waals surface area contributed by atoms with Crippen molar-refractivity contribution in [1.82, 2.24) is 5.32 Å². The Morgan fingerprint density at radius 2 is 1.82 bits per heavy atom. The van der Waals surface area contributed by atoms with Crippen LogP contribution in [0.25, 0.3) is 0 Å². The van der Waals surface area contributed by atoms with E-state index in [-0.39, 0.29) is 5.75 Å². The average Bonchev–Trinajstić information content (AvgIpc) is 2.24. The van der Waals surface area contributed by atoms with Crippen LogP contribution in [0.4, 0.5) is 0 Å². The minimum atomic E-state index is -3.82. The third kappa shape index (κ3) is 7.33. The number of benzene rings is 1. The number of halogens is 1. The first-order valence-electron chi connectivity index (χ1n) is 5.38. The van der Waals surface area contributed by atoms with E-state index in [1.54, 1.807) is 0 Å². The first-order chi connectivity index (χ1) is 7.97. The van der Waals surface area contributed by atoms with Gasteiger partial charge in [-0.25, -0.2) is 0 Å². The number of hydrogen-bond donors (Lipinski definition) is 2. The Kier molecular flexibility index (Phi) is 5.91. The van der Waals surface area contributed by atoms with Crippen molar-refractivity contribution in [3.63, 3.8) is 0 Å². The van der Waals surface area contributed by atoms with E-state index in [0.717, 1.165) is 18.0 Å². The molecule has 1 aromatic carbocycles. The van der Waals surface area contributed by atoms with Gasteiger partial charge in [0.1, 0.15) is 0 Å². The summed E-state index contributed by atoms with van der Waals surface area (Å²) >= 11 is 5.76. The van der Waals surface area contributed by atoms with E-state index in [9.17, 15) is 8.42 Å². The molecule has 0 aliphatic rings. The molecule has 17 heavy (non-hydrogen) atoms. The quantitative estimate of drug-likeness (QED) is 0.589. The molecule has 6 heteroatoms. The maximum atomic E-state index is 10.4. The number of rotatable bonds is 7. The van der Waals surface area contributed by atoms with E-state index in [1.165, 1.54) is 5.56 Å². The lowest BCUT2D eigenvalue weighted by molar-refractivity contribution is 0.479. The summed E-state index contributed by atoms with van der Waals surface area (Å²) in [6.07, 6.45) is 1.28. The molecule has 1 rings (SSSR count). The second kappa shape index (κ2) is 6.96. The highest BCUT2D eigenvalue weighted by Crippen LogP contribution is 2.09. The number of nitrogens with one attached hydrogen (secondary N) is 1. The van der Waals surface area contributed by atoms with E-state index >= 15 is 0 Å². The van der Waals surface area contributed by atoms with Crippen LogP contribution in [0.3, 0.4) is 0 Å². The molecule has 0 unspecified atom stereocenters. The van der Waals surface area contributed by atoms with Crippen molar-refractivity contribution < 1.29 is 13.0 Å². The highest BCUT2D eigenvalue weighted by Gasteiger charge is 2.02. The summed E-state index contributed by atoms with van der Waals surface area (Å²) in [5, 5.41) is 3.83. The molecule has 0 saturated carbocycles. The second-order valence-corrected chi connectivity index (χ2v) is 5.77. The lowest BCUT2D eigenvalue weighted by Crippen LogP contribution is -2.20. The van der Waals surface area contributed by atoms with Gasteiger partial charge in [-0.2, -0.15) is 8.42 Å². The van der Waals surface area contributed by atoms with Crippen LogP contribution in [-0.2, 0) is 16.5 Å². The van der Waals surface area contributed by atoms with Gasteiger partial charge in [0.25, 0.3) is 10.1 Å². The molecule has 0 radical (unpaired) electrons. The van der Waals surface area contributed by atoms with Gasteiger partial charge in [-0.15, -0.1) is 0 Å². The van der Waals surface area contributed by atoms with Crippen molar-refractivity contribution in [3.05, 3.63) is 34.9 Å². The Balaban J connectivity index is 2.10. The number of hydrogen-bond acceptors (Lipinski definition) is 3. The molecule has 4 nitrogen and oxygen atoms in total. The first kappa shape index (κ1) is 14.4. The molecule has 0 spiro atoms. The third-order valence-corrected chi connectivity index (χ3v) is 3.32. The highest BCUT2D eigenvalue weighted by molar-refractivity contribution is 7.85. The highest BCUT2D eigenvalue weighted by atomic mass is 35.5. The molecule has 0 heterocycles. The predicted molar refractivity (Wildman–Crippen MR) is 69.1 cm³/mol. The van der Waals surface area contributed by atoms with Gasteiger partial charge in [-0.3, -0.25) is 4.55 Å². The van der Waals surface area contributed by atoms with E-state index < -0.39 is 10.1 Å². The fourth-order valence-electron chi connectivity index (χ4n) is 1.39. The molecule has 0 fully saturated rings. The third-order valence-electron chi connectivity index (χ3n) is 2.26. The van der Waals surface area contributed by atoms with Crippen molar-refractivity contribution in [2.24, 2.45) is 0 Å². The molecular formula is C11H16ClNO3S. The monoisotopic (exact) mass is 277 g/mol. The Bertz CT molecular complexity index is 431. The normalized spacial score (nSPS) is 11.6. The molecule has 96 valence electrons. The lowest BCUT2D eigenvalue weighted by atomic mass is 10.1. The molecule has 0 aliphatic carbocycles. The molecule has 0 saturated heterocycles. The standard InChI is InChI=1S/C11H16ClNO3S/c12-11-4-2-10(3-5-11)6-8-13-7-1-9-17(14,15)16/h2-5,13H,1,6-9H2,(H,14,15,16). The van der Waals surface area contributed by atoms with E-state index in [1.807, 2.05) is 24.3 Å². The zero-order chi connectivity index (χ0) is 12.7. The average molecular weight is 278 g/mol. The lowest BCUT2D eigenvalue weighted by Gasteiger charge is -2.04. The smallest absolute Gasteiger partial charge is 0.264 e. The summed E-state index contributed by atoms with van der Waals surface area (Å²) in [7, 11) is -3.82. The molecule has 0 aromatic heterocycles. The van der Waals surface area contributed by atoms with Gasteiger partial charge < -0.3 is 5.32 Å². The molecule has 0 bridgehead atoms. The molecular weight excluding hydrogens is 262 g/mol. The van der Waals surface area contributed by atoms with E-state index in [2.05, 4.69) is 5.32 Å². The van der Waals surface area contributed by atoms with Gasteiger partial charge in [-0.1, -0.05) is 23.7 Å². The molecule has 0 atom stereocenters. The fraction of sp³-hybridized carbons (Fsp3) is 0.455. The Hall–Kier alpha value is -0.620. The van der Waals surface area contributed by atoms with E-state index in [0.29, 0.717) is 13.0 Å². The summed E-state index contributed by atoms with van der Waals surface area (Å²) in [6.45, 7) is 1.35. The molecule has 1 aromatic rings. The van der Waals surface area contributed by atoms with Crippen LogP contribution in [0.5, 0.6) is 0 Å². The van der Waals surface area contributed by atoms with E-state index in [4.69, 9.17) is 16.2 Å². The maximum absolute atomic E-state index is 10.4. The molecule has 0 amide bonds. The van der Waals surface area contributed by atoms with Crippen LogP contribution in [0.1, 0.15) is 12.0 Å². The summed E-state index contributed by atoms with van der Waals surface area (Å²) < 4.78 is 29.4. The Morgan fingerprint density at radius 3 is 2.41 bits per heavy atom. The summed E-state index contributed by atoms with van der Waals surface area (Å²) in [4.78, 5) is 0. The zero-order valence-electron chi connectivity index (χ0n) is 9.39. The Morgan fingerprint density at radius 1 is 1.18 bits per heavy atom. The van der Waals surface area contributed by atoms with Crippen molar-refractivity contribution in [3.8, 4) is 0 Å². The van der Waals surface area contributed by atoms with Gasteiger partial charge >= 0.3 is 0 Å². The summed E-state index contributed by atoms with van der Waals surface area (Å²) in [5.41, 5.74) is 1.18. The van der Waals surface area contributed by atoms with Crippen molar-refractivity contribution in [2.45, 2.75) is 12.8 Å². The predicted octanol–water partition coefficient (Wildman–Crippen LogP) is 1.75. The molecule has 2 N–H and O–H groups in total. The van der Waals surface area contributed by atoms with Gasteiger partial charge in [-0.05, 0) is 43.6 Å². The Labute approximate surface area is 107 Å². The van der Waals surface area contributed by atoms with Gasteiger partial charge in [0.05, 0.1) is 5.75 Å². The fourth-order valence-corrected chi connectivity index (χ4v) is 2.02.